The first-order valence-corrected chi connectivity index (χ1v) is 10.5. The van der Waals surface area contributed by atoms with Crippen molar-refractivity contribution in [2.24, 2.45) is 0 Å². The molecular formula is C27H29IrN2O2-. The molecule has 2 N–H and O–H groups in total. The normalized spacial score (nSPS) is 12.3. The third kappa shape index (κ3) is 6.54. The van der Waals surface area contributed by atoms with Crippen molar-refractivity contribution in [2.75, 3.05) is 0 Å². The van der Waals surface area contributed by atoms with Crippen LogP contribution in [-0.4, -0.2) is 32.4 Å². The largest absolute Gasteiger partial charge is 0.393 e. The molecule has 0 aliphatic rings. The van der Waals surface area contributed by atoms with Crippen molar-refractivity contribution >= 4 is 10.8 Å². The van der Waals surface area contributed by atoms with E-state index in [2.05, 4.69) is 64.6 Å². The van der Waals surface area contributed by atoms with Gasteiger partial charge in [0.15, 0.2) is 0 Å². The minimum Gasteiger partial charge on any atom is -0.393 e. The van der Waals surface area contributed by atoms with E-state index in [1.165, 1.54) is 16.5 Å². The number of aryl methyl sites for hydroxylation is 2. The fourth-order valence-electron chi connectivity index (χ4n) is 3.65. The van der Waals surface area contributed by atoms with Crippen LogP contribution < -0.4 is 0 Å². The smallest absolute Gasteiger partial charge is 0.0539 e. The minimum atomic E-state index is -0.375. The van der Waals surface area contributed by atoms with E-state index in [-0.39, 0.29) is 32.3 Å². The molecule has 0 aliphatic carbocycles. The summed E-state index contributed by atoms with van der Waals surface area (Å²) in [7, 11) is 0. The second kappa shape index (κ2) is 12.0. The molecule has 5 heteroatoms. The Labute approximate surface area is 203 Å². The van der Waals surface area contributed by atoms with Gasteiger partial charge in [-0.05, 0) is 45.2 Å². The van der Waals surface area contributed by atoms with Gasteiger partial charge < -0.3 is 15.2 Å². The summed E-state index contributed by atoms with van der Waals surface area (Å²) in [6.07, 6.45) is 1.54. The first-order valence-electron chi connectivity index (χ1n) is 10.5. The second-order valence-corrected chi connectivity index (χ2v) is 7.86. The maximum Gasteiger partial charge on any atom is 0.0539 e. The summed E-state index contributed by atoms with van der Waals surface area (Å²) in [5.41, 5.74) is 6.21. The predicted molar refractivity (Wildman–Crippen MR) is 127 cm³/mol. The van der Waals surface area contributed by atoms with Crippen LogP contribution in [0.3, 0.4) is 0 Å². The van der Waals surface area contributed by atoms with Crippen LogP contribution in [0.4, 0.5) is 0 Å². The molecule has 4 aromatic rings. The number of nitrogens with zero attached hydrogens (tertiary/aromatic N) is 2. The minimum absolute atomic E-state index is 0. The molecule has 0 fully saturated rings. The van der Waals surface area contributed by atoms with Crippen LogP contribution in [0.1, 0.15) is 31.7 Å². The zero-order chi connectivity index (χ0) is 22.4. The molecule has 32 heavy (non-hydrogen) atoms. The molecule has 0 saturated heterocycles. The van der Waals surface area contributed by atoms with Gasteiger partial charge in [0.05, 0.1) is 17.9 Å². The zero-order valence-corrected chi connectivity index (χ0v) is 21.2. The molecule has 169 valence electrons. The molecule has 2 atom stereocenters. The van der Waals surface area contributed by atoms with Crippen LogP contribution in [0, 0.1) is 19.9 Å². The predicted octanol–water partition coefficient (Wildman–Crippen LogP) is 5.52. The SMILES string of the molecule is CC(O)CC(C)O.Cc1cnc(-c2[c-]ccc3c(-c4ccccc4)cccc23)c(C)n1.[Ir]. The Hall–Kier alpha value is -2.43. The topological polar surface area (TPSA) is 66.2 Å². The average molecular weight is 606 g/mol. The van der Waals surface area contributed by atoms with E-state index in [1.54, 1.807) is 13.8 Å². The Morgan fingerprint density at radius 1 is 0.875 bits per heavy atom. The summed E-state index contributed by atoms with van der Waals surface area (Å²) in [6.45, 7) is 7.28. The van der Waals surface area contributed by atoms with Gasteiger partial charge >= 0.3 is 0 Å². The first kappa shape index (κ1) is 25.8. The molecule has 2 unspecified atom stereocenters. The summed E-state index contributed by atoms with van der Waals surface area (Å²) in [6, 6.07) is 24.3. The Bertz CT molecular complexity index is 1140. The van der Waals surface area contributed by atoms with E-state index in [0.29, 0.717) is 6.42 Å². The van der Waals surface area contributed by atoms with Gasteiger partial charge in [-0.2, -0.15) is 0 Å². The van der Waals surface area contributed by atoms with Crippen LogP contribution >= 0.6 is 0 Å². The number of aliphatic hydroxyl groups excluding tert-OH is 2. The molecular weight excluding hydrogens is 577 g/mol. The standard InChI is InChI=1S/C22H17N2.C5H12O2.Ir/c1-15-14-23-22(16(2)24-15)21-13-7-11-19-18(10-6-12-20(19)21)17-8-4-3-5-9-17;1-4(6)3-5(2)7;/h3-12,14H,1-2H3;4-7H,3H2,1-2H3;/q-1;;. The van der Waals surface area contributed by atoms with Crippen LogP contribution in [0.2, 0.25) is 0 Å². The Kier molecular flexibility index (Phi) is 9.67. The molecule has 0 spiro atoms. The van der Waals surface area contributed by atoms with Crippen molar-refractivity contribution in [2.45, 2.75) is 46.3 Å². The summed E-state index contributed by atoms with van der Waals surface area (Å²) in [5.74, 6) is 0. The first-order chi connectivity index (χ1) is 14.9. The van der Waals surface area contributed by atoms with E-state index in [1.807, 2.05) is 32.2 Å². The quantitative estimate of drug-likeness (QED) is 0.301. The number of hydrogen-bond acceptors (Lipinski definition) is 4. The van der Waals surface area contributed by atoms with Crippen LogP contribution in [0.15, 0.2) is 66.9 Å². The van der Waals surface area contributed by atoms with E-state index in [9.17, 15) is 0 Å². The van der Waals surface area contributed by atoms with Crippen LogP contribution in [0.5, 0.6) is 0 Å². The Morgan fingerprint density at radius 2 is 1.56 bits per heavy atom. The van der Waals surface area contributed by atoms with Gasteiger partial charge in [0.25, 0.3) is 0 Å². The Morgan fingerprint density at radius 3 is 2.16 bits per heavy atom. The molecule has 3 aromatic carbocycles. The van der Waals surface area contributed by atoms with Gasteiger partial charge in [0.1, 0.15) is 0 Å². The molecule has 4 rings (SSSR count). The van der Waals surface area contributed by atoms with Gasteiger partial charge in [0, 0.05) is 37.7 Å². The van der Waals surface area contributed by atoms with Crippen molar-refractivity contribution in [3.8, 4) is 22.4 Å². The van der Waals surface area contributed by atoms with Crippen LogP contribution in [0.25, 0.3) is 33.2 Å². The number of hydrogen-bond donors (Lipinski definition) is 2. The summed E-state index contributed by atoms with van der Waals surface area (Å²) in [4.78, 5) is 9.16. The fourth-order valence-corrected chi connectivity index (χ4v) is 3.65. The van der Waals surface area contributed by atoms with E-state index < -0.39 is 0 Å². The maximum atomic E-state index is 8.56. The number of rotatable bonds is 4. The number of fused-ring (bicyclic) bond motifs is 1. The van der Waals surface area contributed by atoms with E-state index in [0.717, 1.165) is 28.0 Å². The molecule has 4 nitrogen and oxygen atoms in total. The molecule has 0 saturated carbocycles. The van der Waals surface area contributed by atoms with Crippen molar-refractivity contribution in [1.82, 2.24) is 9.97 Å². The van der Waals surface area contributed by atoms with Crippen molar-refractivity contribution < 1.29 is 30.3 Å². The fraction of sp³-hybridized carbons (Fsp3) is 0.259. The number of benzene rings is 3. The molecule has 1 radical (unpaired) electrons. The monoisotopic (exact) mass is 606 g/mol. The second-order valence-electron chi connectivity index (χ2n) is 7.86. The Balaban J connectivity index is 0.000000398. The van der Waals surface area contributed by atoms with Gasteiger partial charge in [-0.25, -0.2) is 0 Å². The third-order valence-electron chi connectivity index (χ3n) is 4.92. The average Bonchev–Trinajstić information content (AvgIpc) is 2.73. The van der Waals surface area contributed by atoms with Crippen LogP contribution in [-0.2, 0) is 20.1 Å². The van der Waals surface area contributed by atoms with E-state index >= 15 is 0 Å². The molecule has 1 heterocycles. The van der Waals surface area contributed by atoms with E-state index in [4.69, 9.17) is 10.2 Å². The summed E-state index contributed by atoms with van der Waals surface area (Å²) in [5, 5.41) is 19.5. The molecule has 1 aromatic heterocycles. The van der Waals surface area contributed by atoms with Gasteiger partial charge in [-0.3, -0.25) is 4.98 Å². The molecule has 0 aliphatic heterocycles. The molecule has 0 bridgehead atoms. The van der Waals surface area contributed by atoms with Crippen molar-refractivity contribution in [3.63, 3.8) is 0 Å². The number of aromatic nitrogens is 2. The maximum absolute atomic E-state index is 8.56. The zero-order valence-electron chi connectivity index (χ0n) is 18.8. The number of aliphatic hydroxyl groups is 2. The van der Waals surface area contributed by atoms with Crippen molar-refractivity contribution in [3.05, 3.63) is 84.3 Å². The molecule has 0 amide bonds. The van der Waals surface area contributed by atoms with Gasteiger partial charge in [0.2, 0.25) is 0 Å². The summed E-state index contributed by atoms with van der Waals surface area (Å²) >= 11 is 0. The summed E-state index contributed by atoms with van der Waals surface area (Å²) < 4.78 is 0. The van der Waals surface area contributed by atoms with Gasteiger partial charge in [-0.1, -0.05) is 59.3 Å². The van der Waals surface area contributed by atoms with Gasteiger partial charge in [-0.15, -0.1) is 23.8 Å². The third-order valence-corrected chi connectivity index (χ3v) is 4.92. The van der Waals surface area contributed by atoms with Crippen molar-refractivity contribution in [1.29, 1.82) is 0 Å².